The topological polar surface area (TPSA) is 34.5 Å². The Morgan fingerprint density at radius 2 is 1.49 bits per heavy atom. The fourth-order valence-electron chi connectivity index (χ4n) is 5.42. The molecular formula is C31H26N2O2. The lowest BCUT2D eigenvalue weighted by Crippen LogP contribution is -2.28. The molecule has 0 bridgehead atoms. The van der Waals surface area contributed by atoms with Crippen LogP contribution < -0.4 is 4.74 Å². The molecule has 2 heterocycles. The summed E-state index contributed by atoms with van der Waals surface area (Å²) in [6.45, 7) is 0.514. The number of fused-ring (bicyclic) bond motifs is 2. The van der Waals surface area contributed by atoms with Gasteiger partial charge in [-0.1, -0.05) is 78.9 Å². The molecule has 4 aromatic carbocycles. The molecule has 0 radical (unpaired) electrons. The second-order valence-corrected chi connectivity index (χ2v) is 8.98. The van der Waals surface area contributed by atoms with Crippen LogP contribution in [0.25, 0.3) is 22.2 Å². The van der Waals surface area contributed by atoms with Crippen LogP contribution in [-0.2, 0) is 13.6 Å². The van der Waals surface area contributed by atoms with E-state index in [2.05, 4.69) is 66.2 Å². The molecule has 35 heavy (non-hydrogen) atoms. The van der Waals surface area contributed by atoms with Crippen molar-refractivity contribution in [3.63, 3.8) is 0 Å². The van der Waals surface area contributed by atoms with Crippen molar-refractivity contribution < 1.29 is 9.53 Å². The smallest absolute Gasteiger partial charge is 0.255 e. The highest BCUT2D eigenvalue weighted by molar-refractivity contribution is 6.02. The minimum absolute atomic E-state index is 0.0633. The maximum absolute atomic E-state index is 13.8. The van der Waals surface area contributed by atoms with E-state index in [0.29, 0.717) is 6.54 Å². The van der Waals surface area contributed by atoms with E-state index in [1.807, 2.05) is 53.4 Å². The number of aryl methyl sites for hydroxylation is 1. The molecule has 1 atom stereocenters. The number of hydrogen-bond donors (Lipinski definition) is 0. The molecule has 1 aromatic heterocycles. The summed E-state index contributed by atoms with van der Waals surface area (Å²) in [5, 5.41) is 1.17. The third-order valence-corrected chi connectivity index (χ3v) is 7.04. The molecule has 6 rings (SSSR count). The highest BCUT2D eigenvalue weighted by Gasteiger charge is 2.40. The number of amides is 1. The zero-order valence-corrected chi connectivity index (χ0v) is 19.8. The Morgan fingerprint density at radius 3 is 2.26 bits per heavy atom. The molecule has 1 aliphatic rings. The molecule has 0 aliphatic carbocycles. The first-order chi connectivity index (χ1) is 17.2. The number of rotatable bonds is 5. The fourth-order valence-corrected chi connectivity index (χ4v) is 5.42. The van der Waals surface area contributed by atoms with E-state index in [1.54, 1.807) is 7.11 Å². The summed E-state index contributed by atoms with van der Waals surface area (Å²) in [7, 11) is 3.78. The van der Waals surface area contributed by atoms with E-state index >= 15 is 0 Å². The van der Waals surface area contributed by atoms with Gasteiger partial charge >= 0.3 is 0 Å². The predicted octanol–water partition coefficient (Wildman–Crippen LogP) is 6.60. The normalized spacial score (nSPS) is 15.0. The SMILES string of the molecule is COc1ccc(CN2C(=O)c3ccccc3[C@H]2c2c(-c3ccccc3)n(C)c3ccccc23)cc1. The molecule has 4 nitrogen and oxygen atoms in total. The summed E-state index contributed by atoms with van der Waals surface area (Å²) in [6.07, 6.45) is 0. The molecule has 5 aromatic rings. The van der Waals surface area contributed by atoms with Crippen LogP contribution in [0.5, 0.6) is 5.75 Å². The molecular weight excluding hydrogens is 432 g/mol. The van der Waals surface area contributed by atoms with Gasteiger partial charge in [0.1, 0.15) is 5.75 Å². The molecule has 0 N–H and O–H groups in total. The zero-order valence-electron chi connectivity index (χ0n) is 19.8. The van der Waals surface area contributed by atoms with Crippen LogP contribution in [0.2, 0.25) is 0 Å². The van der Waals surface area contributed by atoms with Gasteiger partial charge < -0.3 is 14.2 Å². The summed E-state index contributed by atoms with van der Waals surface area (Å²) in [4.78, 5) is 15.8. The Kier molecular flexibility index (Phi) is 5.14. The molecule has 0 saturated heterocycles. The summed E-state index contributed by atoms with van der Waals surface area (Å²) >= 11 is 0. The van der Waals surface area contributed by atoms with Crippen molar-refractivity contribution in [2.45, 2.75) is 12.6 Å². The standard InChI is InChI=1S/C31H26N2O2/c1-32-27-15-9-8-14-26(27)28(29(32)22-10-4-3-5-11-22)30-24-12-6-7-13-25(24)31(34)33(30)20-21-16-18-23(35-2)19-17-21/h3-19,30H,20H2,1-2H3/t30-/m0/s1. The minimum atomic E-state index is -0.192. The number of carbonyl (C=O) groups excluding carboxylic acids is 1. The summed E-state index contributed by atoms with van der Waals surface area (Å²) in [5.41, 5.74) is 7.50. The largest absolute Gasteiger partial charge is 0.497 e. The Hall–Kier alpha value is -4.31. The Labute approximate surface area is 205 Å². The van der Waals surface area contributed by atoms with E-state index in [-0.39, 0.29) is 11.9 Å². The first-order valence-corrected chi connectivity index (χ1v) is 11.8. The number of methoxy groups -OCH3 is 1. The van der Waals surface area contributed by atoms with Crippen molar-refractivity contribution in [3.05, 3.63) is 125 Å². The summed E-state index contributed by atoms with van der Waals surface area (Å²) in [6, 6.07) is 34.8. The molecule has 0 saturated carbocycles. The van der Waals surface area contributed by atoms with Gasteiger partial charge in [-0.3, -0.25) is 4.79 Å². The van der Waals surface area contributed by atoms with E-state index in [4.69, 9.17) is 4.74 Å². The number of hydrogen-bond acceptors (Lipinski definition) is 2. The van der Waals surface area contributed by atoms with Crippen molar-refractivity contribution >= 4 is 16.8 Å². The van der Waals surface area contributed by atoms with Crippen LogP contribution in [0.3, 0.4) is 0 Å². The molecule has 172 valence electrons. The number of ether oxygens (including phenoxy) is 1. The van der Waals surface area contributed by atoms with Crippen LogP contribution in [-0.4, -0.2) is 22.5 Å². The van der Waals surface area contributed by atoms with Crippen LogP contribution >= 0.6 is 0 Å². The molecule has 4 heteroatoms. The average molecular weight is 459 g/mol. The molecule has 1 amide bonds. The number of benzene rings is 4. The number of para-hydroxylation sites is 1. The highest BCUT2D eigenvalue weighted by atomic mass is 16.5. The number of aromatic nitrogens is 1. The van der Waals surface area contributed by atoms with Gasteiger partial charge in [0.15, 0.2) is 0 Å². The van der Waals surface area contributed by atoms with Crippen LogP contribution in [0.15, 0.2) is 103 Å². The van der Waals surface area contributed by atoms with E-state index < -0.39 is 0 Å². The van der Waals surface area contributed by atoms with Gasteiger partial charge in [-0.25, -0.2) is 0 Å². The van der Waals surface area contributed by atoms with Gasteiger partial charge in [-0.15, -0.1) is 0 Å². The lowest BCUT2D eigenvalue weighted by Gasteiger charge is -2.27. The second-order valence-electron chi connectivity index (χ2n) is 8.98. The average Bonchev–Trinajstić information content (AvgIpc) is 3.35. The van der Waals surface area contributed by atoms with Crippen molar-refractivity contribution in [2.24, 2.45) is 7.05 Å². The number of carbonyl (C=O) groups is 1. The molecule has 0 unspecified atom stereocenters. The van der Waals surface area contributed by atoms with Gasteiger partial charge in [-0.2, -0.15) is 0 Å². The number of nitrogens with zero attached hydrogens (tertiary/aromatic N) is 2. The molecule has 0 fully saturated rings. The monoisotopic (exact) mass is 458 g/mol. The minimum Gasteiger partial charge on any atom is -0.497 e. The summed E-state index contributed by atoms with van der Waals surface area (Å²) in [5.74, 6) is 0.870. The maximum Gasteiger partial charge on any atom is 0.255 e. The Balaban J connectivity index is 1.59. The lowest BCUT2D eigenvalue weighted by atomic mass is 9.93. The highest BCUT2D eigenvalue weighted by Crippen LogP contribution is 2.46. The Bertz CT molecular complexity index is 1530. The van der Waals surface area contributed by atoms with Crippen LogP contribution in [0, 0.1) is 0 Å². The van der Waals surface area contributed by atoms with Crippen molar-refractivity contribution in [3.8, 4) is 17.0 Å². The molecule has 0 spiro atoms. The maximum atomic E-state index is 13.8. The van der Waals surface area contributed by atoms with E-state index in [0.717, 1.165) is 39.2 Å². The van der Waals surface area contributed by atoms with Crippen LogP contribution in [0.4, 0.5) is 0 Å². The second kappa shape index (κ2) is 8.48. The first-order valence-electron chi connectivity index (χ1n) is 11.8. The fraction of sp³-hybridized carbons (Fsp3) is 0.129. The van der Waals surface area contributed by atoms with Crippen LogP contribution in [0.1, 0.15) is 33.1 Å². The third kappa shape index (κ3) is 3.41. The van der Waals surface area contributed by atoms with Gasteiger partial charge in [0.25, 0.3) is 5.91 Å². The van der Waals surface area contributed by atoms with Gasteiger partial charge in [0.2, 0.25) is 0 Å². The quantitative estimate of drug-likeness (QED) is 0.297. The van der Waals surface area contributed by atoms with Crippen molar-refractivity contribution in [1.29, 1.82) is 0 Å². The van der Waals surface area contributed by atoms with Gasteiger partial charge in [0, 0.05) is 35.6 Å². The summed E-state index contributed by atoms with van der Waals surface area (Å²) < 4.78 is 7.59. The van der Waals surface area contributed by atoms with Crippen molar-refractivity contribution in [2.75, 3.05) is 7.11 Å². The zero-order chi connectivity index (χ0) is 23.9. The third-order valence-electron chi connectivity index (χ3n) is 7.04. The van der Waals surface area contributed by atoms with E-state index in [9.17, 15) is 4.79 Å². The van der Waals surface area contributed by atoms with Gasteiger partial charge in [-0.05, 0) is 41.0 Å². The lowest BCUT2D eigenvalue weighted by molar-refractivity contribution is 0.0737. The van der Waals surface area contributed by atoms with Gasteiger partial charge in [0.05, 0.1) is 18.8 Å². The molecule has 1 aliphatic heterocycles. The first kappa shape index (κ1) is 21.2. The van der Waals surface area contributed by atoms with E-state index in [1.165, 1.54) is 10.9 Å². The van der Waals surface area contributed by atoms with Crippen molar-refractivity contribution in [1.82, 2.24) is 9.47 Å². The Morgan fingerprint density at radius 1 is 0.800 bits per heavy atom. The predicted molar refractivity (Wildman–Crippen MR) is 140 cm³/mol.